The topological polar surface area (TPSA) is 92.8 Å². The molecule has 3 rings (SSSR count). The minimum Gasteiger partial charge on any atom is -0.466 e. The molecule has 0 spiro atoms. The van der Waals surface area contributed by atoms with Crippen molar-refractivity contribution in [3.63, 3.8) is 0 Å². The number of Topliss-reactive ketones (excluding diaryl/α,β-unsaturated/α-hetero) is 1. The van der Waals surface area contributed by atoms with Crippen LogP contribution in [-0.2, 0) is 19.6 Å². The molecule has 0 aliphatic carbocycles. The lowest BCUT2D eigenvalue weighted by Crippen LogP contribution is -2.40. The third-order valence-corrected chi connectivity index (χ3v) is 7.23. The van der Waals surface area contributed by atoms with E-state index in [2.05, 4.69) is 5.32 Å². The van der Waals surface area contributed by atoms with Gasteiger partial charge in [0.2, 0.25) is 10.0 Å². The van der Waals surface area contributed by atoms with Crippen molar-refractivity contribution in [2.75, 3.05) is 31.6 Å². The number of aryl methyl sites for hydroxylation is 1. The highest BCUT2D eigenvalue weighted by Gasteiger charge is 2.32. The monoisotopic (exact) mass is 444 g/mol. The number of piperidine rings is 1. The molecule has 2 aromatic carbocycles. The summed E-state index contributed by atoms with van der Waals surface area (Å²) in [6.07, 6.45) is 0.855. The van der Waals surface area contributed by atoms with Gasteiger partial charge in [-0.3, -0.25) is 9.59 Å². The first-order chi connectivity index (χ1) is 14.8. The molecule has 0 radical (unpaired) electrons. The van der Waals surface area contributed by atoms with Gasteiger partial charge in [-0.25, -0.2) is 8.42 Å². The normalized spacial score (nSPS) is 15.4. The van der Waals surface area contributed by atoms with Gasteiger partial charge in [-0.1, -0.05) is 24.3 Å². The van der Waals surface area contributed by atoms with E-state index in [9.17, 15) is 18.0 Å². The first kappa shape index (κ1) is 23.0. The van der Waals surface area contributed by atoms with Crippen molar-refractivity contribution in [2.24, 2.45) is 5.92 Å². The Bertz CT molecular complexity index is 1040. The molecule has 0 amide bonds. The van der Waals surface area contributed by atoms with E-state index in [0.29, 0.717) is 25.0 Å². The molecule has 0 saturated carbocycles. The zero-order valence-corrected chi connectivity index (χ0v) is 18.7. The van der Waals surface area contributed by atoms with Gasteiger partial charge >= 0.3 is 5.97 Å². The predicted octanol–water partition coefficient (Wildman–Crippen LogP) is 3.25. The Morgan fingerprint density at radius 2 is 1.81 bits per heavy atom. The molecule has 1 aliphatic heterocycles. The predicted molar refractivity (Wildman–Crippen MR) is 119 cm³/mol. The van der Waals surface area contributed by atoms with Gasteiger partial charge in [0.15, 0.2) is 5.78 Å². The van der Waals surface area contributed by atoms with Crippen LogP contribution in [0.5, 0.6) is 0 Å². The smallest absolute Gasteiger partial charge is 0.309 e. The van der Waals surface area contributed by atoms with Crippen LogP contribution in [0.4, 0.5) is 5.69 Å². The van der Waals surface area contributed by atoms with Gasteiger partial charge in [0, 0.05) is 24.3 Å². The number of nitrogens with one attached hydrogen (secondary N) is 1. The van der Waals surface area contributed by atoms with Gasteiger partial charge in [0.25, 0.3) is 0 Å². The maximum atomic E-state index is 13.1. The fourth-order valence-electron chi connectivity index (χ4n) is 3.61. The van der Waals surface area contributed by atoms with E-state index < -0.39 is 10.0 Å². The highest BCUT2D eigenvalue weighted by molar-refractivity contribution is 7.89. The number of carbonyl (C=O) groups is 2. The first-order valence-electron chi connectivity index (χ1n) is 10.4. The van der Waals surface area contributed by atoms with E-state index in [0.717, 1.165) is 11.3 Å². The molecule has 0 bridgehead atoms. The summed E-state index contributed by atoms with van der Waals surface area (Å²) in [4.78, 5) is 24.6. The number of anilines is 1. The Morgan fingerprint density at radius 3 is 2.48 bits per heavy atom. The van der Waals surface area contributed by atoms with Crippen LogP contribution in [0.2, 0.25) is 0 Å². The van der Waals surface area contributed by atoms with Crippen LogP contribution < -0.4 is 5.32 Å². The van der Waals surface area contributed by atoms with Crippen LogP contribution in [-0.4, -0.2) is 50.7 Å². The van der Waals surface area contributed by atoms with Crippen LogP contribution in [0.3, 0.4) is 0 Å². The van der Waals surface area contributed by atoms with Crippen LogP contribution in [0, 0.1) is 12.8 Å². The summed E-state index contributed by atoms with van der Waals surface area (Å²) >= 11 is 0. The van der Waals surface area contributed by atoms with Crippen molar-refractivity contribution in [3.05, 3.63) is 59.7 Å². The average Bonchev–Trinajstić information content (AvgIpc) is 2.78. The molecule has 166 valence electrons. The van der Waals surface area contributed by atoms with Crippen molar-refractivity contribution in [2.45, 2.75) is 31.6 Å². The molecule has 1 heterocycles. The summed E-state index contributed by atoms with van der Waals surface area (Å²) in [6.45, 7) is 4.60. The molecule has 1 fully saturated rings. The van der Waals surface area contributed by atoms with Crippen molar-refractivity contribution in [1.29, 1.82) is 0 Å². The summed E-state index contributed by atoms with van der Waals surface area (Å²) in [7, 11) is -3.74. The van der Waals surface area contributed by atoms with E-state index in [-0.39, 0.29) is 42.2 Å². The fourth-order valence-corrected chi connectivity index (χ4v) is 5.13. The van der Waals surface area contributed by atoms with Gasteiger partial charge in [-0.2, -0.15) is 4.31 Å². The minimum atomic E-state index is -3.74. The average molecular weight is 445 g/mol. The van der Waals surface area contributed by atoms with Crippen LogP contribution >= 0.6 is 0 Å². The number of ether oxygens (including phenoxy) is 1. The first-order valence-corrected chi connectivity index (χ1v) is 11.9. The number of benzene rings is 2. The van der Waals surface area contributed by atoms with Crippen LogP contribution in [0.15, 0.2) is 53.4 Å². The molecular formula is C23H28N2O5S. The maximum Gasteiger partial charge on any atom is 0.309 e. The zero-order valence-electron chi connectivity index (χ0n) is 17.8. The molecule has 31 heavy (non-hydrogen) atoms. The molecule has 1 aliphatic rings. The van der Waals surface area contributed by atoms with E-state index in [4.69, 9.17) is 4.74 Å². The summed E-state index contributed by atoms with van der Waals surface area (Å²) in [5, 5.41) is 3.08. The molecule has 2 aromatic rings. The summed E-state index contributed by atoms with van der Waals surface area (Å²) < 4.78 is 32.5. The Balaban J connectivity index is 1.66. The number of nitrogens with zero attached hydrogens (tertiary/aromatic N) is 1. The van der Waals surface area contributed by atoms with E-state index in [1.165, 1.54) is 16.4 Å². The maximum absolute atomic E-state index is 13.1. The number of rotatable bonds is 8. The molecule has 1 N–H and O–H groups in total. The van der Waals surface area contributed by atoms with Gasteiger partial charge in [0.05, 0.1) is 24.0 Å². The lowest BCUT2D eigenvalue weighted by molar-refractivity contribution is -0.149. The van der Waals surface area contributed by atoms with Crippen LogP contribution in [0.25, 0.3) is 0 Å². The number of esters is 1. The number of sulfonamides is 1. The SMILES string of the molecule is CCOC(=O)C1CCN(S(=O)(=O)c2cccc(C(=O)CNc3cccc(C)c3)c2)CC1. The second kappa shape index (κ2) is 10.1. The standard InChI is InChI=1S/C23H28N2O5S/c1-3-30-23(27)18-10-12-25(13-11-18)31(28,29)21-9-5-7-19(15-21)22(26)16-24-20-8-4-6-17(2)14-20/h4-9,14-15,18,24H,3,10-13,16H2,1-2H3. The minimum absolute atomic E-state index is 0.0673. The molecule has 8 heteroatoms. The second-order valence-corrected chi connectivity index (χ2v) is 9.54. The Labute approximate surface area is 183 Å². The van der Waals surface area contributed by atoms with Crippen molar-refractivity contribution >= 4 is 27.5 Å². The lowest BCUT2D eigenvalue weighted by Gasteiger charge is -2.30. The summed E-state index contributed by atoms with van der Waals surface area (Å²) in [5.74, 6) is -0.736. The Kier molecular flexibility index (Phi) is 7.46. The number of ketones is 1. The summed E-state index contributed by atoms with van der Waals surface area (Å²) in [6, 6.07) is 13.8. The van der Waals surface area contributed by atoms with Crippen molar-refractivity contribution in [1.82, 2.24) is 4.31 Å². The largest absolute Gasteiger partial charge is 0.466 e. The van der Waals surface area contributed by atoms with E-state index >= 15 is 0 Å². The van der Waals surface area contributed by atoms with Crippen LogP contribution in [0.1, 0.15) is 35.7 Å². The van der Waals surface area contributed by atoms with E-state index in [1.807, 2.05) is 31.2 Å². The molecule has 1 saturated heterocycles. The molecule has 0 atom stereocenters. The number of hydrogen-bond acceptors (Lipinski definition) is 6. The number of hydrogen-bond donors (Lipinski definition) is 1. The highest BCUT2D eigenvalue weighted by Crippen LogP contribution is 2.25. The fraction of sp³-hybridized carbons (Fsp3) is 0.391. The Hall–Kier alpha value is -2.71. The highest BCUT2D eigenvalue weighted by atomic mass is 32.2. The lowest BCUT2D eigenvalue weighted by atomic mass is 9.98. The quantitative estimate of drug-likeness (QED) is 0.496. The molecule has 7 nitrogen and oxygen atoms in total. The molecule has 0 unspecified atom stereocenters. The molecular weight excluding hydrogens is 416 g/mol. The molecule has 0 aromatic heterocycles. The van der Waals surface area contributed by atoms with Gasteiger partial charge in [0.1, 0.15) is 0 Å². The van der Waals surface area contributed by atoms with Gasteiger partial charge < -0.3 is 10.1 Å². The Morgan fingerprint density at radius 1 is 1.10 bits per heavy atom. The number of carbonyl (C=O) groups excluding carboxylic acids is 2. The van der Waals surface area contributed by atoms with Gasteiger partial charge in [-0.15, -0.1) is 0 Å². The van der Waals surface area contributed by atoms with E-state index in [1.54, 1.807) is 19.1 Å². The van der Waals surface area contributed by atoms with Gasteiger partial charge in [-0.05, 0) is 56.5 Å². The zero-order chi connectivity index (χ0) is 22.4. The summed E-state index contributed by atoms with van der Waals surface area (Å²) in [5.41, 5.74) is 2.25. The second-order valence-electron chi connectivity index (χ2n) is 7.60. The van der Waals surface area contributed by atoms with Crippen molar-refractivity contribution in [3.8, 4) is 0 Å². The van der Waals surface area contributed by atoms with Crippen molar-refractivity contribution < 1.29 is 22.7 Å². The third kappa shape index (κ3) is 5.71. The third-order valence-electron chi connectivity index (χ3n) is 5.34.